The monoisotopic (exact) mass is 334 g/mol. The second kappa shape index (κ2) is 7.04. The SMILES string of the molecule is O=C(N[C@H]1COCO[C@@H]1c1ccccc1[N+](=O)[O-])C(Cl)Cl. The molecule has 21 heavy (non-hydrogen) atoms. The van der Waals surface area contributed by atoms with Crippen LogP contribution in [-0.4, -0.2) is 35.1 Å². The van der Waals surface area contributed by atoms with Gasteiger partial charge in [-0.1, -0.05) is 35.3 Å². The van der Waals surface area contributed by atoms with Crippen molar-refractivity contribution in [1.82, 2.24) is 5.32 Å². The van der Waals surface area contributed by atoms with E-state index in [-0.39, 0.29) is 19.1 Å². The lowest BCUT2D eigenvalue weighted by Crippen LogP contribution is -2.48. The number of carbonyl (C=O) groups is 1. The predicted molar refractivity (Wildman–Crippen MR) is 75.2 cm³/mol. The number of rotatable bonds is 4. The average molecular weight is 335 g/mol. The maximum atomic E-state index is 11.6. The van der Waals surface area contributed by atoms with Crippen molar-refractivity contribution in [3.63, 3.8) is 0 Å². The van der Waals surface area contributed by atoms with Crippen molar-refractivity contribution < 1.29 is 19.2 Å². The molecule has 1 amide bonds. The molecule has 2 atom stereocenters. The lowest BCUT2D eigenvalue weighted by Gasteiger charge is -2.32. The first kappa shape index (κ1) is 16.0. The fourth-order valence-corrected chi connectivity index (χ4v) is 2.19. The van der Waals surface area contributed by atoms with Crippen molar-refractivity contribution in [2.24, 2.45) is 0 Å². The van der Waals surface area contributed by atoms with E-state index in [1.165, 1.54) is 6.07 Å². The third-order valence-electron chi connectivity index (χ3n) is 2.96. The number of nitrogens with one attached hydrogen (secondary N) is 1. The molecule has 1 heterocycles. The minimum absolute atomic E-state index is 0.0196. The molecule has 1 aromatic rings. The maximum absolute atomic E-state index is 11.6. The van der Waals surface area contributed by atoms with Crippen LogP contribution in [0, 0.1) is 10.1 Å². The van der Waals surface area contributed by atoms with Crippen LogP contribution in [0.1, 0.15) is 11.7 Å². The largest absolute Gasteiger partial charge is 0.353 e. The van der Waals surface area contributed by atoms with Gasteiger partial charge in [0, 0.05) is 6.07 Å². The standard InChI is InChI=1S/C12H12Cl2N2O5/c13-11(14)12(17)15-8-5-20-6-21-10(8)7-3-1-2-4-9(7)16(18)19/h1-4,8,10-11H,5-6H2,(H,15,17)/t8-,10+/m0/s1. The van der Waals surface area contributed by atoms with E-state index in [9.17, 15) is 14.9 Å². The van der Waals surface area contributed by atoms with Crippen LogP contribution in [0.25, 0.3) is 0 Å². The molecular weight excluding hydrogens is 323 g/mol. The van der Waals surface area contributed by atoms with E-state index < -0.39 is 27.8 Å². The Morgan fingerprint density at radius 1 is 1.43 bits per heavy atom. The molecule has 2 rings (SSSR count). The number of nitro groups is 1. The van der Waals surface area contributed by atoms with Crippen LogP contribution in [-0.2, 0) is 14.3 Å². The summed E-state index contributed by atoms with van der Waals surface area (Å²) in [5.41, 5.74) is 0.272. The van der Waals surface area contributed by atoms with Gasteiger partial charge in [-0.2, -0.15) is 0 Å². The molecule has 0 bridgehead atoms. The summed E-state index contributed by atoms with van der Waals surface area (Å²) in [6, 6.07) is 5.55. The van der Waals surface area contributed by atoms with Crippen LogP contribution >= 0.6 is 23.2 Å². The number of para-hydroxylation sites is 1. The van der Waals surface area contributed by atoms with Crippen molar-refractivity contribution in [2.75, 3.05) is 13.4 Å². The first-order valence-electron chi connectivity index (χ1n) is 6.02. The van der Waals surface area contributed by atoms with Gasteiger partial charge in [-0.3, -0.25) is 14.9 Å². The highest BCUT2D eigenvalue weighted by Gasteiger charge is 2.34. The quantitative estimate of drug-likeness (QED) is 0.516. The Balaban J connectivity index is 2.27. The predicted octanol–water partition coefficient (Wildman–Crippen LogP) is 1.93. The van der Waals surface area contributed by atoms with E-state index in [2.05, 4.69) is 5.32 Å². The second-order valence-electron chi connectivity index (χ2n) is 4.31. The minimum Gasteiger partial charge on any atom is -0.353 e. The van der Waals surface area contributed by atoms with Gasteiger partial charge in [0.2, 0.25) is 0 Å². The summed E-state index contributed by atoms with van der Waals surface area (Å²) in [4.78, 5) is 20.9. The van der Waals surface area contributed by atoms with E-state index in [0.29, 0.717) is 5.56 Å². The van der Waals surface area contributed by atoms with Crippen molar-refractivity contribution in [2.45, 2.75) is 17.0 Å². The zero-order chi connectivity index (χ0) is 15.4. The molecule has 1 aliphatic rings. The summed E-state index contributed by atoms with van der Waals surface area (Å²) >= 11 is 11.0. The molecular formula is C12H12Cl2N2O5. The van der Waals surface area contributed by atoms with Crippen LogP contribution < -0.4 is 5.32 Å². The van der Waals surface area contributed by atoms with Crippen molar-refractivity contribution >= 4 is 34.8 Å². The molecule has 1 saturated heterocycles. The van der Waals surface area contributed by atoms with Crippen LogP contribution in [0.5, 0.6) is 0 Å². The number of alkyl halides is 2. The molecule has 0 aliphatic carbocycles. The Morgan fingerprint density at radius 3 is 2.81 bits per heavy atom. The molecule has 7 nitrogen and oxygen atoms in total. The molecule has 0 unspecified atom stereocenters. The molecule has 1 aromatic carbocycles. The number of nitro benzene ring substituents is 1. The number of carbonyl (C=O) groups excluding carboxylic acids is 1. The fraction of sp³-hybridized carbons (Fsp3) is 0.417. The van der Waals surface area contributed by atoms with Crippen LogP contribution in [0.4, 0.5) is 5.69 Å². The number of halogens is 2. The Kier molecular flexibility index (Phi) is 5.35. The highest BCUT2D eigenvalue weighted by atomic mass is 35.5. The zero-order valence-electron chi connectivity index (χ0n) is 10.7. The minimum atomic E-state index is -1.24. The lowest BCUT2D eigenvalue weighted by atomic mass is 10.00. The van der Waals surface area contributed by atoms with Gasteiger partial charge in [0.15, 0.2) is 4.84 Å². The topological polar surface area (TPSA) is 90.7 Å². The van der Waals surface area contributed by atoms with E-state index in [0.717, 1.165) is 0 Å². The molecule has 9 heteroatoms. The molecule has 114 valence electrons. The number of hydrogen-bond acceptors (Lipinski definition) is 5. The first-order valence-corrected chi connectivity index (χ1v) is 6.89. The smallest absolute Gasteiger partial charge is 0.275 e. The van der Waals surface area contributed by atoms with Crippen LogP contribution in [0.2, 0.25) is 0 Å². The van der Waals surface area contributed by atoms with Gasteiger partial charge in [-0.15, -0.1) is 0 Å². The van der Waals surface area contributed by atoms with Crippen molar-refractivity contribution in [3.05, 3.63) is 39.9 Å². The summed E-state index contributed by atoms with van der Waals surface area (Å²) in [6.07, 6.45) is -0.712. The summed E-state index contributed by atoms with van der Waals surface area (Å²) in [5, 5.41) is 13.6. The number of hydrogen-bond donors (Lipinski definition) is 1. The Labute approximate surface area is 130 Å². The molecule has 1 fully saturated rings. The molecule has 0 radical (unpaired) electrons. The van der Waals surface area contributed by atoms with Crippen molar-refractivity contribution in [3.8, 4) is 0 Å². The third kappa shape index (κ3) is 3.82. The van der Waals surface area contributed by atoms with Gasteiger partial charge >= 0.3 is 0 Å². The highest BCUT2D eigenvalue weighted by Crippen LogP contribution is 2.32. The van der Waals surface area contributed by atoms with Gasteiger partial charge in [-0.25, -0.2) is 0 Å². The Morgan fingerprint density at radius 2 is 2.14 bits per heavy atom. The van der Waals surface area contributed by atoms with Crippen LogP contribution in [0.3, 0.4) is 0 Å². The summed E-state index contributed by atoms with van der Waals surface area (Å²) in [7, 11) is 0. The van der Waals surface area contributed by atoms with E-state index in [4.69, 9.17) is 32.7 Å². The molecule has 1 N–H and O–H groups in total. The van der Waals surface area contributed by atoms with Crippen molar-refractivity contribution in [1.29, 1.82) is 0 Å². The lowest BCUT2D eigenvalue weighted by molar-refractivity contribution is -0.386. The first-order chi connectivity index (χ1) is 10.0. The summed E-state index contributed by atoms with van der Waals surface area (Å²) in [5.74, 6) is -0.610. The Hall–Kier alpha value is -1.41. The molecule has 0 aromatic heterocycles. The van der Waals surface area contributed by atoms with Crippen LogP contribution in [0.15, 0.2) is 24.3 Å². The van der Waals surface area contributed by atoms with Gasteiger partial charge in [0.25, 0.3) is 11.6 Å². The fourth-order valence-electron chi connectivity index (χ4n) is 2.06. The van der Waals surface area contributed by atoms with Gasteiger partial charge < -0.3 is 14.8 Å². The van der Waals surface area contributed by atoms with E-state index in [1.807, 2.05) is 0 Å². The maximum Gasteiger partial charge on any atom is 0.275 e. The molecule has 0 spiro atoms. The van der Waals surface area contributed by atoms with E-state index >= 15 is 0 Å². The van der Waals surface area contributed by atoms with Gasteiger partial charge in [0.05, 0.1) is 23.1 Å². The number of nitrogens with zero attached hydrogens (tertiary/aromatic N) is 1. The molecule has 0 saturated carbocycles. The van der Waals surface area contributed by atoms with E-state index in [1.54, 1.807) is 18.2 Å². The van der Waals surface area contributed by atoms with Gasteiger partial charge in [-0.05, 0) is 6.07 Å². The number of benzene rings is 1. The average Bonchev–Trinajstić information content (AvgIpc) is 2.47. The zero-order valence-corrected chi connectivity index (χ0v) is 12.2. The third-order valence-corrected chi connectivity index (χ3v) is 3.36. The second-order valence-corrected chi connectivity index (χ2v) is 5.40. The highest BCUT2D eigenvalue weighted by molar-refractivity contribution is 6.53. The molecule has 1 aliphatic heterocycles. The van der Waals surface area contributed by atoms with Gasteiger partial charge in [0.1, 0.15) is 12.9 Å². The summed E-state index contributed by atoms with van der Waals surface area (Å²) in [6.45, 7) is 0.122. The normalized spacial score (nSPS) is 22.0. The number of ether oxygens (including phenoxy) is 2. The number of amides is 1. The Bertz CT molecular complexity index is 540. The summed E-state index contributed by atoms with van der Waals surface area (Å²) < 4.78 is 10.5.